The zero-order valence-corrected chi connectivity index (χ0v) is 10.8. The van der Waals surface area contributed by atoms with E-state index in [0.717, 1.165) is 44.0 Å². The first-order valence-electron chi connectivity index (χ1n) is 6.60. The molecule has 1 fully saturated rings. The van der Waals surface area contributed by atoms with E-state index in [4.69, 9.17) is 5.73 Å². The van der Waals surface area contributed by atoms with Crippen molar-refractivity contribution >= 4 is 5.95 Å². The van der Waals surface area contributed by atoms with E-state index >= 15 is 0 Å². The fraction of sp³-hybridized carbons (Fsp3) is 0.462. The maximum Gasteiger partial charge on any atom is 0.220 e. The summed E-state index contributed by atoms with van der Waals surface area (Å²) in [6, 6.07) is 1.98. The Bertz CT molecular complexity index is 516. The number of hydrogen-bond acceptors (Lipinski definition) is 5. The molecular weight excluding hydrogens is 240 g/mol. The third-order valence-corrected chi connectivity index (χ3v) is 3.63. The highest BCUT2D eigenvalue weighted by Crippen LogP contribution is 2.27. The number of nitrogens with two attached hydrogens (primary N) is 1. The van der Waals surface area contributed by atoms with Crippen molar-refractivity contribution in [1.82, 2.24) is 24.8 Å². The van der Waals surface area contributed by atoms with Crippen LogP contribution in [0.15, 0.2) is 24.7 Å². The van der Waals surface area contributed by atoms with Gasteiger partial charge in [-0.2, -0.15) is 0 Å². The number of rotatable bonds is 3. The number of piperidine rings is 1. The van der Waals surface area contributed by atoms with Gasteiger partial charge < -0.3 is 10.7 Å². The lowest BCUT2D eigenvalue weighted by Crippen LogP contribution is -2.33. The second kappa shape index (κ2) is 5.36. The van der Waals surface area contributed by atoms with Crippen molar-refractivity contribution in [3.05, 3.63) is 36.2 Å². The van der Waals surface area contributed by atoms with Gasteiger partial charge in [-0.1, -0.05) is 0 Å². The molecule has 0 bridgehead atoms. The SMILES string of the molecule is Nc1nccc(C2CCN(Cc3ncc[nH]3)CC2)n1. The lowest BCUT2D eigenvalue weighted by atomic mass is 9.93. The number of nitrogens with zero attached hydrogens (tertiary/aromatic N) is 4. The molecule has 6 nitrogen and oxygen atoms in total. The third-order valence-electron chi connectivity index (χ3n) is 3.63. The van der Waals surface area contributed by atoms with Gasteiger partial charge in [-0.05, 0) is 32.0 Å². The van der Waals surface area contributed by atoms with Crippen molar-refractivity contribution in [2.24, 2.45) is 0 Å². The van der Waals surface area contributed by atoms with Gasteiger partial charge in [0.25, 0.3) is 0 Å². The first kappa shape index (κ1) is 12.1. The number of nitrogens with one attached hydrogen (secondary N) is 1. The molecule has 0 unspecified atom stereocenters. The van der Waals surface area contributed by atoms with Gasteiger partial charge in [0.2, 0.25) is 5.95 Å². The van der Waals surface area contributed by atoms with Crippen molar-refractivity contribution in [3.8, 4) is 0 Å². The van der Waals surface area contributed by atoms with Gasteiger partial charge in [0, 0.05) is 30.2 Å². The summed E-state index contributed by atoms with van der Waals surface area (Å²) in [5.41, 5.74) is 6.71. The molecule has 0 spiro atoms. The van der Waals surface area contributed by atoms with Crippen LogP contribution in [0.4, 0.5) is 5.95 Å². The van der Waals surface area contributed by atoms with Crippen LogP contribution in [0.2, 0.25) is 0 Å². The second-order valence-corrected chi connectivity index (χ2v) is 4.93. The predicted molar refractivity (Wildman–Crippen MR) is 72.3 cm³/mol. The van der Waals surface area contributed by atoms with Crippen molar-refractivity contribution < 1.29 is 0 Å². The molecule has 0 aliphatic carbocycles. The van der Waals surface area contributed by atoms with Crippen LogP contribution in [0.25, 0.3) is 0 Å². The van der Waals surface area contributed by atoms with Crippen LogP contribution < -0.4 is 5.73 Å². The van der Waals surface area contributed by atoms with Crippen molar-refractivity contribution in [2.45, 2.75) is 25.3 Å². The number of aromatic nitrogens is 4. The van der Waals surface area contributed by atoms with Gasteiger partial charge in [0.1, 0.15) is 5.82 Å². The predicted octanol–water partition coefficient (Wildman–Crippen LogP) is 1.16. The first-order chi connectivity index (χ1) is 9.31. The smallest absolute Gasteiger partial charge is 0.220 e. The summed E-state index contributed by atoms with van der Waals surface area (Å²) in [5.74, 6) is 1.90. The summed E-state index contributed by atoms with van der Waals surface area (Å²) in [7, 11) is 0. The van der Waals surface area contributed by atoms with Crippen molar-refractivity contribution in [1.29, 1.82) is 0 Å². The highest BCUT2D eigenvalue weighted by atomic mass is 15.2. The molecular formula is C13H18N6. The summed E-state index contributed by atoms with van der Waals surface area (Å²) in [6.07, 6.45) is 7.62. The van der Waals surface area contributed by atoms with E-state index in [1.807, 2.05) is 12.3 Å². The Labute approximate surface area is 112 Å². The van der Waals surface area contributed by atoms with Crippen molar-refractivity contribution in [2.75, 3.05) is 18.8 Å². The fourth-order valence-corrected chi connectivity index (χ4v) is 2.60. The molecule has 100 valence electrons. The minimum absolute atomic E-state index is 0.371. The van der Waals surface area contributed by atoms with E-state index in [0.29, 0.717) is 11.9 Å². The highest BCUT2D eigenvalue weighted by Gasteiger charge is 2.22. The molecule has 2 aromatic heterocycles. The maximum absolute atomic E-state index is 5.64. The monoisotopic (exact) mass is 258 g/mol. The van der Waals surface area contributed by atoms with Gasteiger partial charge in [0.15, 0.2) is 0 Å². The number of anilines is 1. The van der Waals surface area contributed by atoms with Gasteiger partial charge in [0.05, 0.1) is 6.54 Å². The van der Waals surface area contributed by atoms with Crippen LogP contribution in [0.3, 0.4) is 0 Å². The standard InChI is InChI=1S/C13H18N6/c14-13-17-4-1-11(18-13)10-2-7-19(8-3-10)9-12-15-5-6-16-12/h1,4-6,10H,2-3,7-9H2,(H,15,16)(H2,14,17,18). The second-order valence-electron chi connectivity index (χ2n) is 4.93. The average Bonchev–Trinajstić information content (AvgIpc) is 2.92. The van der Waals surface area contributed by atoms with Gasteiger partial charge in [-0.3, -0.25) is 4.90 Å². The van der Waals surface area contributed by atoms with Gasteiger partial charge in [-0.25, -0.2) is 15.0 Å². The van der Waals surface area contributed by atoms with Crippen LogP contribution in [-0.4, -0.2) is 37.9 Å². The zero-order valence-electron chi connectivity index (χ0n) is 10.8. The van der Waals surface area contributed by atoms with Crippen molar-refractivity contribution in [3.63, 3.8) is 0 Å². The summed E-state index contributed by atoms with van der Waals surface area (Å²) < 4.78 is 0. The van der Waals surface area contributed by atoms with E-state index in [1.54, 1.807) is 12.4 Å². The summed E-state index contributed by atoms with van der Waals surface area (Å²) in [4.78, 5) is 18.1. The number of likely N-dealkylation sites (tertiary alicyclic amines) is 1. The lowest BCUT2D eigenvalue weighted by molar-refractivity contribution is 0.199. The Kier molecular flexibility index (Phi) is 3.41. The van der Waals surface area contributed by atoms with E-state index in [1.165, 1.54) is 0 Å². The third kappa shape index (κ3) is 2.90. The molecule has 0 aromatic carbocycles. The Balaban J connectivity index is 1.57. The molecule has 0 amide bonds. The molecule has 0 radical (unpaired) electrons. The number of imidazole rings is 1. The number of H-pyrrole nitrogens is 1. The molecule has 1 aliphatic heterocycles. The van der Waals surface area contributed by atoms with Gasteiger partial charge >= 0.3 is 0 Å². The Morgan fingerprint density at radius 2 is 2.11 bits per heavy atom. The summed E-state index contributed by atoms with van der Waals surface area (Å²) >= 11 is 0. The number of aromatic amines is 1. The Morgan fingerprint density at radius 1 is 1.26 bits per heavy atom. The topological polar surface area (TPSA) is 83.7 Å². The molecule has 2 aromatic rings. The number of nitrogen functional groups attached to an aromatic ring is 1. The molecule has 3 heterocycles. The highest BCUT2D eigenvalue weighted by molar-refractivity contribution is 5.20. The van der Waals surface area contributed by atoms with Crippen LogP contribution in [0.1, 0.15) is 30.3 Å². The number of hydrogen-bond donors (Lipinski definition) is 2. The largest absolute Gasteiger partial charge is 0.368 e. The zero-order chi connectivity index (χ0) is 13.1. The van der Waals surface area contributed by atoms with Crippen LogP contribution in [-0.2, 0) is 6.54 Å². The average molecular weight is 258 g/mol. The first-order valence-corrected chi connectivity index (χ1v) is 6.60. The normalized spacial score (nSPS) is 17.7. The van der Waals surface area contributed by atoms with E-state index in [2.05, 4.69) is 24.8 Å². The lowest BCUT2D eigenvalue weighted by Gasteiger charge is -2.31. The van der Waals surface area contributed by atoms with Crippen LogP contribution >= 0.6 is 0 Å². The molecule has 6 heteroatoms. The Hall–Kier alpha value is -1.95. The molecule has 19 heavy (non-hydrogen) atoms. The van der Waals surface area contributed by atoms with Crippen LogP contribution in [0, 0.1) is 0 Å². The summed E-state index contributed by atoms with van der Waals surface area (Å²) in [6.45, 7) is 3.02. The minimum Gasteiger partial charge on any atom is -0.368 e. The van der Waals surface area contributed by atoms with Gasteiger partial charge in [-0.15, -0.1) is 0 Å². The summed E-state index contributed by atoms with van der Waals surface area (Å²) in [5, 5.41) is 0. The minimum atomic E-state index is 0.371. The van der Waals surface area contributed by atoms with E-state index < -0.39 is 0 Å². The Morgan fingerprint density at radius 3 is 2.79 bits per heavy atom. The quantitative estimate of drug-likeness (QED) is 0.863. The molecule has 1 saturated heterocycles. The van der Waals surface area contributed by atoms with Crippen LogP contribution in [0.5, 0.6) is 0 Å². The molecule has 3 rings (SSSR count). The maximum atomic E-state index is 5.64. The fourth-order valence-electron chi connectivity index (χ4n) is 2.60. The molecule has 3 N–H and O–H groups in total. The van der Waals surface area contributed by atoms with E-state index in [9.17, 15) is 0 Å². The molecule has 0 atom stereocenters. The molecule has 0 saturated carbocycles. The van der Waals surface area contributed by atoms with E-state index in [-0.39, 0.29) is 0 Å². The molecule has 1 aliphatic rings.